The van der Waals surface area contributed by atoms with Gasteiger partial charge in [0.15, 0.2) is 0 Å². The molecule has 1 heterocycles. The molecule has 3 aromatic rings. The summed E-state index contributed by atoms with van der Waals surface area (Å²) in [5.41, 5.74) is 4.11. The number of nitrogens with zero attached hydrogens (tertiary/aromatic N) is 1. The van der Waals surface area contributed by atoms with Gasteiger partial charge in [-0.1, -0.05) is 43.5 Å². The van der Waals surface area contributed by atoms with Gasteiger partial charge in [0.25, 0.3) is 0 Å². The molecule has 2 nitrogen and oxygen atoms in total. The van der Waals surface area contributed by atoms with E-state index in [0.717, 1.165) is 19.1 Å². The standard InChI is InChI=1S/C21H26N2.ClH/c1-2-23-20-11-7-6-10-18(20)19-14-16(12-13-21(19)23)15-22-17-8-4-3-5-9-17;/h6-7,10-14,17,22H,2-5,8-9,15H2,1H3;1H. The number of hydrogen-bond acceptors (Lipinski definition) is 1. The molecule has 1 aliphatic rings. The normalized spacial score (nSPS) is 15.7. The molecule has 0 amide bonds. The van der Waals surface area contributed by atoms with Gasteiger partial charge < -0.3 is 9.88 Å². The van der Waals surface area contributed by atoms with E-state index in [4.69, 9.17) is 0 Å². The van der Waals surface area contributed by atoms with E-state index in [1.54, 1.807) is 0 Å². The van der Waals surface area contributed by atoms with E-state index < -0.39 is 0 Å². The Morgan fingerprint density at radius 3 is 2.50 bits per heavy atom. The quantitative estimate of drug-likeness (QED) is 0.647. The molecule has 1 aliphatic carbocycles. The molecule has 0 aliphatic heterocycles. The molecule has 1 aromatic heterocycles. The van der Waals surface area contributed by atoms with Crippen molar-refractivity contribution in [1.82, 2.24) is 9.88 Å². The molecule has 0 radical (unpaired) electrons. The van der Waals surface area contributed by atoms with E-state index in [0.29, 0.717) is 0 Å². The second kappa shape index (κ2) is 7.58. The van der Waals surface area contributed by atoms with Gasteiger partial charge in [0.05, 0.1) is 0 Å². The Kier molecular flexibility index (Phi) is 5.47. The molecule has 0 bridgehead atoms. The fraction of sp³-hybridized carbons (Fsp3) is 0.429. The third-order valence-electron chi connectivity index (χ3n) is 5.35. The van der Waals surface area contributed by atoms with Crippen LogP contribution in [-0.2, 0) is 13.1 Å². The van der Waals surface area contributed by atoms with Crippen molar-refractivity contribution in [3.8, 4) is 0 Å². The van der Waals surface area contributed by atoms with Crippen LogP contribution < -0.4 is 5.32 Å². The molecular weight excluding hydrogens is 316 g/mol. The van der Waals surface area contributed by atoms with Crippen LogP contribution in [0.25, 0.3) is 21.8 Å². The number of para-hydroxylation sites is 1. The smallest absolute Gasteiger partial charge is 0.0491 e. The van der Waals surface area contributed by atoms with E-state index in [9.17, 15) is 0 Å². The number of rotatable bonds is 4. The minimum atomic E-state index is 0. The number of benzene rings is 2. The average molecular weight is 343 g/mol. The first-order chi connectivity index (χ1) is 11.4. The first kappa shape index (κ1) is 17.3. The molecule has 0 atom stereocenters. The van der Waals surface area contributed by atoms with E-state index in [1.165, 1.54) is 59.5 Å². The molecule has 0 spiro atoms. The summed E-state index contributed by atoms with van der Waals surface area (Å²) in [6, 6.07) is 16.5. The minimum Gasteiger partial charge on any atom is -0.341 e. The summed E-state index contributed by atoms with van der Waals surface area (Å²) in [5.74, 6) is 0. The molecule has 1 N–H and O–H groups in total. The zero-order valence-corrected chi connectivity index (χ0v) is 15.2. The lowest BCUT2D eigenvalue weighted by Crippen LogP contribution is -2.30. The van der Waals surface area contributed by atoms with Gasteiger partial charge in [0.2, 0.25) is 0 Å². The maximum atomic E-state index is 3.76. The van der Waals surface area contributed by atoms with Crippen molar-refractivity contribution < 1.29 is 0 Å². The second-order valence-electron chi connectivity index (χ2n) is 6.83. The van der Waals surface area contributed by atoms with Crippen molar-refractivity contribution >= 4 is 34.2 Å². The molecule has 4 rings (SSSR count). The highest BCUT2D eigenvalue weighted by atomic mass is 35.5. The molecule has 3 heteroatoms. The maximum absolute atomic E-state index is 3.76. The van der Waals surface area contributed by atoms with Gasteiger partial charge in [-0.25, -0.2) is 0 Å². The fourth-order valence-electron chi connectivity index (χ4n) is 4.12. The molecule has 24 heavy (non-hydrogen) atoms. The summed E-state index contributed by atoms with van der Waals surface area (Å²) >= 11 is 0. The number of aryl methyl sites for hydroxylation is 1. The third-order valence-corrected chi connectivity index (χ3v) is 5.35. The van der Waals surface area contributed by atoms with Gasteiger partial charge in [-0.3, -0.25) is 0 Å². The summed E-state index contributed by atoms with van der Waals surface area (Å²) in [6.07, 6.45) is 6.89. The number of aromatic nitrogens is 1. The topological polar surface area (TPSA) is 17.0 Å². The van der Waals surface area contributed by atoms with Crippen LogP contribution in [0.3, 0.4) is 0 Å². The van der Waals surface area contributed by atoms with Gasteiger partial charge in [0.1, 0.15) is 0 Å². The number of hydrogen-bond donors (Lipinski definition) is 1. The summed E-state index contributed by atoms with van der Waals surface area (Å²) in [5, 5.41) is 6.54. The van der Waals surface area contributed by atoms with Gasteiger partial charge in [-0.05, 0) is 43.5 Å². The zero-order chi connectivity index (χ0) is 15.6. The molecule has 2 aromatic carbocycles. The third kappa shape index (κ3) is 3.18. The van der Waals surface area contributed by atoms with E-state index in [1.807, 2.05) is 0 Å². The van der Waals surface area contributed by atoms with Crippen LogP contribution in [0.5, 0.6) is 0 Å². The summed E-state index contributed by atoms with van der Waals surface area (Å²) in [7, 11) is 0. The van der Waals surface area contributed by atoms with Gasteiger partial charge in [-0.15, -0.1) is 12.4 Å². The largest absolute Gasteiger partial charge is 0.341 e. The highest BCUT2D eigenvalue weighted by Gasteiger charge is 2.13. The van der Waals surface area contributed by atoms with Crippen LogP contribution in [0.4, 0.5) is 0 Å². The minimum absolute atomic E-state index is 0. The lowest BCUT2D eigenvalue weighted by Gasteiger charge is -2.22. The SMILES string of the molecule is CCn1c2ccccc2c2cc(CNC3CCCCC3)ccc21.Cl. The number of fused-ring (bicyclic) bond motifs is 3. The van der Waals surface area contributed by atoms with Crippen molar-refractivity contribution in [2.24, 2.45) is 0 Å². The first-order valence-electron chi connectivity index (χ1n) is 9.10. The van der Waals surface area contributed by atoms with Crippen LogP contribution in [-0.4, -0.2) is 10.6 Å². The predicted octanol–water partition coefficient (Wildman–Crippen LogP) is 5.66. The highest BCUT2D eigenvalue weighted by Crippen LogP contribution is 2.29. The summed E-state index contributed by atoms with van der Waals surface area (Å²) < 4.78 is 2.42. The van der Waals surface area contributed by atoms with Crippen molar-refractivity contribution in [1.29, 1.82) is 0 Å². The van der Waals surface area contributed by atoms with Gasteiger partial charge in [0, 0.05) is 40.9 Å². The molecular formula is C21H27ClN2. The Labute approximate surface area is 150 Å². The fourth-order valence-corrected chi connectivity index (χ4v) is 4.12. The van der Waals surface area contributed by atoms with Crippen LogP contribution in [0.1, 0.15) is 44.6 Å². The van der Waals surface area contributed by atoms with Crippen LogP contribution in [0, 0.1) is 0 Å². The van der Waals surface area contributed by atoms with Crippen molar-refractivity contribution in [3.05, 3.63) is 48.0 Å². The lowest BCUT2D eigenvalue weighted by molar-refractivity contribution is 0.372. The molecule has 0 saturated heterocycles. The van der Waals surface area contributed by atoms with Crippen LogP contribution in [0.15, 0.2) is 42.5 Å². The number of nitrogens with one attached hydrogen (secondary N) is 1. The van der Waals surface area contributed by atoms with Crippen LogP contribution >= 0.6 is 12.4 Å². The Morgan fingerprint density at radius 1 is 0.958 bits per heavy atom. The summed E-state index contributed by atoms with van der Waals surface area (Å²) in [6.45, 7) is 4.24. The average Bonchev–Trinajstić information content (AvgIpc) is 2.94. The number of halogens is 1. The Hall–Kier alpha value is -1.51. The van der Waals surface area contributed by atoms with Gasteiger partial charge >= 0.3 is 0 Å². The van der Waals surface area contributed by atoms with Gasteiger partial charge in [-0.2, -0.15) is 0 Å². The van der Waals surface area contributed by atoms with E-state index in [-0.39, 0.29) is 12.4 Å². The monoisotopic (exact) mass is 342 g/mol. The van der Waals surface area contributed by atoms with Crippen molar-refractivity contribution in [2.75, 3.05) is 0 Å². The molecule has 1 saturated carbocycles. The molecule has 0 unspecified atom stereocenters. The van der Waals surface area contributed by atoms with E-state index >= 15 is 0 Å². The molecule has 128 valence electrons. The second-order valence-corrected chi connectivity index (χ2v) is 6.83. The highest BCUT2D eigenvalue weighted by molar-refractivity contribution is 6.08. The first-order valence-corrected chi connectivity index (χ1v) is 9.10. The Bertz CT molecular complexity index is 815. The summed E-state index contributed by atoms with van der Waals surface area (Å²) in [4.78, 5) is 0. The van der Waals surface area contributed by atoms with Crippen molar-refractivity contribution in [3.63, 3.8) is 0 Å². The molecule has 1 fully saturated rings. The lowest BCUT2D eigenvalue weighted by atomic mass is 9.95. The maximum Gasteiger partial charge on any atom is 0.0491 e. The van der Waals surface area contributed by atoms with E-state index in [2.05, 4.69) is 59.3 Å². The predicted molar refractivity (Wildman–Crippen MR) is 106 cm³/mol. The van der Waals surface area contributed by atoms with Crippen LogP contribution in [0.2, 0.25) is 0 Å². The Balaban J connectivity index is 0.00000169. The van der Waals surface area contributed by atoms with Crippen molar-refractivity contribution in [2.45, 2.75) is 58.2 Å². The zero-order valence-electron chi connectivity index (χ0n) is 14.4. The Morgan fingerprint density at radius 2 is 1.71 bits per heavy atom.